The molecule has 0 aliphatic carbocycles. The molecule has 0 saturated carbocycles. The number of aromatic nitrogens is 1. The molecular weight excluding hydrogens is 140 g/mol. The Morgan fingerprint density at radius 2 is 2.36 bits per heavy atom. The molecule has 0 aromatic carbocycles. The van der Waals surface area contributed by atoms with Crippen molar-refractivity contribution in [2.24, 2.45) is 5.73 Å². The maximum absolute atomic E-state index is 8.85. The lowest BCUT2D eigenvalue weighted by molar-refractivity contribution is 0.472. The van der Waals surface area contributed by atoms with E-state index in [0.29, 0.717) is 12.2 Å². The fourth-order valence-corrected chi connectivity index (χ4v) is 0.602. The van der Waals surface area contributed by atoms with E-state index in [2.05, 4.69) is 16.8 Å². The van der Waals surface area contributed by atoms with Gasteiger partial charge in [-0.1, -0.05) is 5.92 Å². The maximum Gasteiger partial charge on any atom is 0.133 e. The number of pyridine rings is 1. The van der Waals surface area contributed by atoms with E-state index in [1.54, 1.807) is 6.07 Å². The summed E-state index contributed by atoms with van der Waals surface area (Å²) in [4.78, 5) is 3.84. The molecule has 3 nitrogen and oxygen atoms in total. The lowest BCUT2D eigenvalue weighted by atomic mass is 10.3. The van der Waals surface area contributed by atoms with Gasteiger partial charge in [0.25, 0.3) is 0 Å². The second kappa shape index (κ2) is 3.59. The van der Waals surface area contributed by atoms with E-state index in [0.717, 1.165) is 0 Å². The largest absolute Gasteiger partial charge is 0.506 e. The van der Waals surface area contributed by atoms with Crippen molar-refractivity contribution in [3.8, 4) is 17.6 Å². The lowest BCUT2D eigenvalue weighted by Crippen LogP contribution is -1.93. The third kappa shape index (κ3) is 2.28. The fourth-order valence-electron chi connectivity index (χ4n) is 0.602. The van der Waals surface area contributed by atoms with Gasteiger partial charge in [0.15, 0.2) is 0 Å². The van der Waals surface area contributed by atoms with Crippen LogP contribution in [0.5, 0.6) is 5.75 Å². The molecule has 1 heterocycles. The summed E-state index contributed by atoms with van der Waals surface area (Å²) in [6, 6.07) is 3.17. The summed E-state index contributed by atoms with van der Waals surface area (Å²) in [7, 11) is 0. The Morgan fingerprint density at radius 3 is 2.91 bits per heavy atom. The summed E-state index contributed by atoms with van der Waals surface area (Å²) in [5.41, 5.74) is 5.77. The Balaban J connectivity index is 2.82. The second-order valence-corrected chi connectivity index (χ2v) is 1.91. The van der Waals surface area contributed by atoms with Gasteiger partial charge < -0.3 is 10.8 Å². The van der Waals surface area contributed by atoms with Crippen LogP contribution < -0.4 is 5.73 Å². The van der Waals surface area contributed by atoms with Crippen LogP contribution in [0.25, 0.3) is 0 Å². The highest BCUT2D eigenvalue weighted by Gasteiger charge is 1.87. The first kappa shape index (κ1) is 7.58. The average molecular weight is 148 g/mol. The minimum absolute atomic E-state index is 0.142. The van der Waals surface area contributed by atoms with Crippen molar-refractivity contribution in [2.75, 3.05) is 6.54 Å². The number of rotatable bonds is 0. The zero-order valence-electron chi connectivity index (χ0n) is 5.91. The van der Waals surface area contributed by atoms with E-state index in [1.165, 1.54) is 12.3 Å². The highest BCUT2D eigenvalue weighted by Crippen LogP contribution is 2.04. The van der Waals surface area contributed by atoms with Gasteiger partial charge in [0.2, 0.25) is 0 Å². The molecule has 0 bridgehead atoms. The number of nitrogens with zero attached hydrogens (tertiary/aromatic N) is 1. The molecule has 0 saturated heterocycles. The number of nitrogens with two attached hydrogens (primary N) is 1. The van der Waals surface area contributed by atoms with Gasteiger partial charge >= 0.3 is 0 Å². The molecule has 0 unspecified atom stereocenters. The fraction of sp³-hybridized carbons (Fsp3) is 0.125. The van der Waals surface area contributed by atoms with Gasteiger partial charge in [-0.3, -0.25) is 0 Å². The number of hydrogen-bond acceptors (Lipinski definition) is 3. The molecule has 1 aromatic heterocycles. The third-order valence-electron chi connectivity index (χ3n) is 1.07. The van der Waals surface area contributed by atoms with Gasteiger partial charge in [0, 0.05) is 0 Å². The molecule has 3 heteroatoms. The zero-order valence-corrected chi connectivity index (χ0v) is 5.91. The third-order valence-corrected chi connectivity index (χ3v) is 1.07. The molecule has 1 aromatic rings. The first-order valence-electron chi connectivity index (χ1n) is 3.17. The van der Waals surface area contributed by atoms with Crippen LogP contribution in [0.15, 0.2) is 18.3 Å². The number of hydrogen-bond donors (Lipinski definition) is 2. The van der Waals surface area contributed by atoms with Crippen molar-refractivity contribution in [2.45, 2.75) is 0 Å². The van der Waals surface area contributed by atoms with Crippen LogP contribution in [0.4, 0.5) is 0 Å². The van der Waals surface area contributed by atoms with E-state index in [1.807, 2.05) is 0 Å². The quantitative estimate of drug-likeness (QED) is 0.513. The van der Waals surface area contributed by atoms with Crippen LogP contribution in [0, 0.1) is 11.8 Å². The topological polar surface area (TPSA) is 59.1 Å². The zero-order chi connectivity index (χ0) is 8.10. The van der Waals surface area contributed by atoms with Crippen LogP contribution in [-0.4, -0.2) is 16.6 Å². The summed E-state index contributed by atoms with van der Waals surface area (Å²) in [6.07, 6.45) is 1.35. The van der Waals surface area contributed by atoms with E-state index < -0.39 is 0 Å². The Kier molecular flexibility index (Phi) is 2.47. The second-order valence-electron chi connectivity index (χ2n) is 1.91. The van der Waals surface area contributed by atoms with Gasteiger partial charge in [-0.2, -0.15) is 0 Å². The Hall–Kier alpha value is -1.53. The maximum atomic E-state index is 8.85. The van der Waals surface area contributed by atoms with Crippen LogP contribution in [-0.2, 0) is 0 Å². The molecule has 0 fully saturated rings. The van der Waals surface area contributed by atoms with Crippen molar-refractivity contribution in [1.29, 1.82) is 0 Å². The van der Waals surface area contributed by atoms with E-state index >= 15 is 0 Å². The van der Waals surface area contributed by atoms with Gasteiger partial charge in [0.05, 0.1) is 12.7 Å². The average Bonchev–Trinajstić information content (AvgIpc) is 2.04. The van der Waals surface area contributed by atoms with E-state index in [9.17, 15) is 0 Å². The van der Waals surface area contributed by atoms with Crippen molar-refractivity contribution in [3.63, 3.8) is 0 Å². The van der Waals surface area contributed by atoms with Gasteiger partial charge in [-0.25, -0.2) is 4.98 Å². The summed E-state index contributed by atoms with van der Waals surface area (Å²) in [6.45, 7) is 0.322. The molecule has 1 rings (SSSR count). The Labute approximate surface area is 64.9 Å². The SMILES string of the molecule is NCC#Cc1ccc(O)cn1. The first-order chi connectivity index (χ1) is 5.33. The predicted octanol–water partition coefficient (Wildman–Crippen LogP) is 0.0974. The molecule has 0 aliphatic heterocycles. The van der Waals surface area contributed by atoms with E-state index in [4.69, 9.17) is 10.8 Å². The number of aromatic hydroxyl groups is 1. The van der Waals surface area contributed by atoms with Crippen molar-refractivity contribution in [3.05, 3.63) is 24.0 Å². The van der Waals surface area contributed by atoms with E-state index in [-0.39, 0.29) is 5.75 Å². The van der Waals surface area contributed by atoms with Crippen molar-refractivity contribution < 1.29 is 5.11 Å². The lowest BCUT2D eigenvalue weighted by Gasteiger charge is -1.89. The van der Waals surface area contributed by atoms with Crippen LogP contribution in [0.2, 0.25) is 0 Å². The molecular formula is C8H8N2O. The first-order valence-corrected chi connectivity index (χ1v) is 3.17. The van der Waals surface area contributed by atoms with Crippen LogP contribution >= 0.6 is 0 Å². The van der Waals surface area contributed by atoms with Crippen LogP contribution in [0.1, 0.15) is 5.69 Å². The van der Waals surface area contributed by atoms with Crippen LogP contribution in [0.3, 0.4) is 0 Å². The molecule has 0 atom stereocenters. The molecule has 0 radical (unpaired) electrons. The normalized spacial score (nSPS) is 8.45. The van der Waals surface area contributed by atoms with Gasteiger partial charge in [0.1, 0.15) is 11.4 Å². The minimum Gasteiger partial charge on any atom is -0.506 e. The van der Waals surface area contributed by atoms with Crippen molar-refractivity contribution >= 4 is 0 Å². The smallest absolute Gasteiger partial charge is 0.133 e. The highest BCUT2D eigenvalue weighted by atomic mass is 16.3. The summed E-state index contributed by atoms with van der Waals surface area (Å²) in [5, 5.41) is 8.85. The summed E-state index contributed by atoms with van der Waals surface area (Å²) < 4.78 is 0. The predicted molar refractivity (Wildman–Crippen MR) is 41.8 cm³/mol. The molecule has 56 valence electrons. The minimum atomic E-state index is 0.142. The molecule has 0 amide bonds. The van der Waals surface area contributed by atoms with Crippen molar-refractivity contribution in [1.82, 2.24) is 4.98 Å². The highest BCUT2D eigenvalue weighted by molar-refractivity contribution is 5.30. The molecule has 11 heavy (non-hydrogen) atoms. The van der Waals surface area contributed by atoms with Gasteiger partial charge in [-0.05, 0) is 18.1 Å². The molecule has 0 aliphatic rings. The molecule has 3 N–H and O–H groups in total. The summed E-state index contributed by atoms with van der Waals surface area (Å²) in [5.74, 6) is 5.53. The summed E-state index contributed by atoms with van der Waals surface area (Å²) >= 11 is 0. The monoisotopic (exact) mass is 148 g/mol. The Morgan fingerprint density at radius 1 is 1.55 bits per heavy atom. The molecule has 0 spiro atoms. The van der Waals surface area contributed by atoms with Gasteiger partial charge in [-0.15, -0.1) is 0 Å². The standard InChI is InChI=1S/C8H8N2O/c9-5-1-2-7-3-4-8(11)6-10-7/h3-4,6,11H,5,9H2. The Bertz CT molecular complexity index is 281.